The van der Waals surface area contributed by atoms with E-state index in [1.165, 1.54) is 18.7 Å². The molecule has 114 valence electrons. The van der Waals surface area contributed by atoms with Crippen LogP contribution in [0.25, 0.3) is 5.65 Å². The van der Waals surface area contributed by atoms with Crippen LogP contribution in [0.1, 0.15) is 33.6 Å². The van der Waals surface area contributed by atoms with E-state index in [4.69, 9.17) is 0 Å². The number of aromatic nitrogens is 2. The Bertz CT molecular complexity index is 596. The first-order chi connectivity index (χ1) is 10.0. The molecule has 1 aliphatic rings. The van der Waals surface area contributed by atoms with Gasteiger partial charge in [0.25, 0.3) is 0 Å². The van der Waals surface area contributed by atoms with Crippen molar-refractivity contribution in [3.63, 3.8) is 0 Å². The number of piperidine rings is 1. The topological polar surface area (TPSA) is 32.6 Å². The number of fused-ring (bicyclic) bond motifs is 1. The molecular formula is C17H26N4. The highest BCUT2D eigenvalue weighted by Crippen LogP contribution is 2.24. The molecule has 1 fully saturated rings. The Balaban J connectivity index is 1.72. The third-order valence-electron chi connectivity index (χ3n) is 4.17. The van der Waals surface area contributed by atoms with Gasteiger partial charge in [0.05, 0.1) is 0 Å². The zero-order valence-electron chi connectivity index (χ0n) is 13.3. The summed E-state index contributed by atoms with van der Waals surface area (Å²) in [7, 11) is 0. The molecule has 21 heavy (non-hydrogen) atoms. The maximum Gasteiger partial charge on any atom is 0.138 e. The fraction of sp³-hybridized carbons (Fsp3) is 0.588. The van der Waals surface area contributed by atoms with Gasteiger partial charge in [-0.25, -0.2) is 4.98 Å². The lowest BCUT2D eigenvalue weighted by Crippen LogP contribution is -2.45. The van der Waals surface area contributed by atoms with Crippen LogP contribution < -0.4 is 10.2 Å². The van der Waals surface area contributed by atoms with Crippen LogP contribution in [0.5, 0.6) is 0 Å². The quantitative estimate of drug-likeness (QED) is 0.941. The maximum absolute atomic E-state index is 4.39. The standard InChI is InChI=1S/C17H26N4/c1-17(2,3)19-12-14-6-5-10-20(13-14)16-8-4-7-15-18-9-11-21(15)16/h4,7-9,11,14,19H,5-6,10,12-13H2,1-3H3. The highest BCUT2D eigenvalue weighted by atomic mass is 15.2. The molecule has 1 N–H and O–H groups in total. The van der Waals surface area contributed by atoms with E-state index in [2.05, 4.69) is 64.8 Å². The second-order valence-electron chi connectivity index (χ2n) is 7.12. The van der Waals surface area contributed by atoms with Crippen molar-refractivity contribution in [1.29, 1.82) is 0 Å². The van der Waals surface area contributed by atoms with Gasteiger partial charge in [0.15, 0.2) is 0 Å². The van der Waals surface area contributed by atoms with Crippen molar-refractivity contribution >= 4 is 11.5 Å². The Labute approximate surface area is 127 Å². The van der Waals surface area contributed by atoms with Crippen LogP contribution in [-0.2, 0) is 0 Å². The summed E-state index contributed by atoms with van der Waals surface area (Å²) < 4.78 is 2.19. The van der Waals surface area contributed by atoms with Crippen LogP contribution >= 0.6 is 0 Å². The average Bonchev–Trinajstić information content (AvgIpc) is 2.93. The minimum Gasteiger partial charge on any atom is -0.357 e. The molecule has 0 aliphatic carbocycles. The van der Waals surface area contributed by atoms with E-state index in [0.29, 0.717) is 0 Å². The monoisotopic (exact) mass is 286 g/mol. The van der Waals surface area contributed by atoms with E-state index in [0.717, 1.165) is 31.2 Å². The summed E-state index contributed by atoms with van der Waals surface area (Å²) in [5.74, 6) is 1.99. The number of hydrogen-bond donors (Lipinski definition) is 1. The Morgan fingerprint density at radius 1 is 1.33 bits per heavy atom. The van der Waals surface area contributed by atoms with Crippen LogP contribution in [0, 0.1) is 5.92 Å². The molecule has 0 spiro atoms. The third kappa shape index (κ3) is 3.38. The second-order valence-corrected chi connectivity index (χ2v) is 7.12. The molecule has 1 unspecified atom stereocenters. The lowest BCUT2D eigenvalue weighted by Gasteiger charge is -2.36. The molecular weight excluding hydrogens is 260 g/mol. The molecule has 0 saturated carbocycles. The smallest absolute Gasteiger partial charge is 0.138 e. The molecule has 1 atom stereocenters. The first kappa shape index (κ1) is 14.4. The molecule has 0 amide bonds. The molecule has 2 aromatic heterocycles. The van der Waals surface area contributed by atoms with E-state index in [-0.39, 0.29) is 5.54 Å². The zero-order valence-corrected chi connectivity index (χ0v) is 13.3. The van der Waals surface area contributed by atoms with Crippen molar-refractivity contribution in [1.82, 2.24) is 14.7 Å². The van der Waals surface area contributed by atoms with Crippen LogP contribution in [0.2, 0.25) is 0 Å². The summed E-state index contributed by atoms with van der Waals surface area (Å²) in [6.45, 7) is 10.1. The van der Waals surface area contributed by atoms with Gasteiger partial charge in [0.1, 0.15) is 11.5 Å². The summed E-state index contributed by atoms with van der Waals surface area (Å²) in [6, 6.07) is 6.37. The van der Waals surface area contributed by atoms with Crippen LogP contribution in [0.4, 0.5) is 5.82 Å². The van der Waals surface area contributed by atoms with E-state index in [1.807, 2.05) is 6.20 Å². The van der Waals surface area contributed by atoms with Gasteiger partial charge in [-0.2, -0.15) is 0 Å². The highest BCUT2D eigenvalue weighted by molar-refractivity contribution is 5.51. The molecule has 1 saturated heterocycles. The Hall–Kier alpha value is -1.55. The van der Waals surface area contributed by atoms with E-state index in [1.54, 1.807) is 0 Å². The van der Waals surface area contributed by atoms with Crippen molar-refractivity contribution in [2.24, 2.45) is 5.92 Å². The minimum atomic E-state index is 0.201. The Morgan fingerprint density at radius 2 is 2.19 bits per heavy atom. The lowest BCUT2D eigenvalue weighted by atomic mass is 9.96. The van der Waals surface area contributed by atoms with E-state index >= 15 is 0 Å². The number of nitrogens with one attached hydrogen (secondary N) is 1. The van der Waals surface area contributed by atoms with Gasteiger partial charge in [-0.3, -0.25) is 4.40 Å². The van der Waals surface area contributed by atoms with Gasteiger partial charge in [-0.15, -0.1) is 0 Å². The van der Waals surface area contributed by atoms with Crippen molar-refractivity contribution in [2.75, 3.05) is 24.5 Å². The predicted molar refractivity (Wildman–Crippen MR) is 87.9 cm³/mol. The molecule has 4 nitrogen and oxygen atoms in total. The number of imidazole rings is 1. The lowest BCUT2D eigenvalue weighted by molar-refractivity contribution is 0.334. The number of nitrogens with zero attached hydrogens (tertiary/aromatic N) is 3. The molecule has 2 aromatic rings. The van der Waals surface area contributed by atoms with Crippen LogP contribution in [0.3, 0.4) is 0 Å². The van der Waals surface area contributed by atoms with Crippen molar-refractivity contribution < 1.29 is 0 Å². The second kappa shape index (κ2) is 5.68. The van der Waals surface area contributed by atoms with Crippen molar-refractivity contribution in [3.8, 4) is 0 Å². The fourth-order valence-electron chi connectivity index (χ4n) is 3.08. The van der Waals surface area contributed by atoms with Gasteiger partial charge in [0, 0.05) is 37.6 Å². The van der Waals surface area contributed by atoms with Crippen molar-refractivity contribution in [2.45, 2.75) is 39.2 Å². The minimum absolute atomic E-state index is 0.201. The fourth-order valence-corrected chi connectivity index (χ4v) is 3.08. The zero-order chi connectivity index (χ0) is 14.9. The normalized spacial score (nSPS) is 20.1. The predicted octanol–water partition coefficient (Wildman–Crippen LogP) is 2.94. The number of hydrogen-bond acceptors (Lipinski definition) is 3. The molecule has 0 radical (unpaired) electrons. The summed E-state index contributed by atoms with van der Waals surface area (Å²) in [5, 5.41) is 3.65. The summed E-state index contributed by atoms with van der Waals surface area (Å²) in [6.07, 6.45) is 6.52. The van der Waals surface area contributed by atoms with Crippen molar-refractivity contribution in [3.05, 3.63) is 30.6 Å². The first-order valence-electron chi connectivity index (χ1n) is 7.95. The molecule has 0 aromatic carbocycles. The van der Waals surface area contributed by atoms with Crippen LogP contribution in [-0.4, -0.2) is 34.6 Å². The van der Waals surface area contributed by atoms with E-state index in [9.17, 15) is 0 Å². The van der Waals surface area contributed by atoms with Gasteiger partial charge in [-0.05, 0) is 51.7 Å². The highest BCUT2D eigenvalue weighted by Gasteiger charge is 2.22. The molecule has 1 aliphatic heterocycles. The number of rotatable bonds is 3. The van der Waals surface area contributed by atoms with E-state index < -0.39 is 0 Å². The van der Waals surface area contributed by atoms with Gasteiger partial charge >= 0.3 is 0 Å². The molecule has 3 heterocycles. The molecule has 3 rings (SSSR count). The Kier molecular flexibility index (Phi) is 3.89. The third-order valence-corrected chi connectivity index (χ3v) is 4.17. The van der Waals surface area contributed by atoms with Gasteiger partial charge < -0.3 is 10.2 Å². The maximum atomic E-state index is 4.39. The molecule has 0 bridgehead atoms. The molecule has 4 heteroatoms. The SMILES string of the molecule is CC(C)(C)NCC1CCCN(c2cccc3nccn23)C1. The van der Waals surface area contributed by atoms with Crippen LogP contribution in [0.15, 0.2) is 30.6 Å². The summed E-state index contributed by atoms with van der Waals surface area (Å²) in [4.78, 5) is 6.89. The first-order valence-corrected chi connectivity index (χ1v) is 7.95. The summed E-state index contributed by atoms with van der Waals surface area (Å²) >= 11 is 0. The number of anilines is 1. The van der Waals surface area contributed by atoms with Gasteiger partial charge in [-0.1, -0.05) is 6.07 Å². The average molecular weight is 286 g/mol. The largest absolute Gasteiger partial charge is 0.357 e. The van der Waals surface area contributed by atoms with Gasteiger partial charge in [0.2, 0.25) is 0 Å². The number of pyridine rings is 1. The Morgan fingerprint density at radius 3 is 3.00 bits per heavy atom. The summed E-state index contributed by atoms with van der Waals surface area (Å²) in [5.41, 5.74) is 1.23.